The number of carboxylic acid groups (broad SMARTS) is 1. The van der Waals surface area contributed by atoms with Gasteiger partial charge in [-0.25, -0.2) is 4.79 Å². The summed E-state index contributed by atoms with van der Waals surface area (Å²) in [5.41, 5.74) is 16.8. The predicted molar refractivity (Wildman–Crippen MR) is 144 cm³/mol. The van der Waals surface area contributed by atoms with Crippen molar-refractivity contribution in [3.05, 3.63) is 29.8 Å². The van der Waals surface area contributed by atoms with Gasteiger partial charge in [0, 0.05) is 13.0 Å². The number of nitrogens with zero attached hydrogens (tertiary/aromatic N) is 1. The summed E-state index contributed by atoms with van der Waals surface area (Å²) in [4.78, 5) is 54.5. The van der Waals surface area contributed by atoms with Crippen LogP contribution in [0.3, 0.4) is 0 Å². The number of hydrogen-bond donors (Lipinski definition) is 9. The Balaban J connectivity index is 3.14. The molecule has 0 aliphatic heterocycles. The molecule has 14 nitrogen and oxygen atoms in total. The summed E-state index contributed by atoms with van der Waals surface area (Å²) in [5, 5.41) is 36.4. The molecule has 0 spiro atoms. The SMILES string of the molecule is CC(C)CC(NC(=O)C(N)C(C)O)C(=O)NC(Cc1ccc(O)cc1)C(=O)NC(CCCN=C(N)N)C(=O)O. The van der Waals surface area contributed by atoms with Crippen molar-refractivity contribution in [3.8, 4) is 5.75 Å². The summed E-state index contributed by atoms with van der Waals surface area (Å²) in [6, 6.07) is 1.09. The third-order valence-electron chi connectivity index (χ3n) is 5.73. The van der Waals surface area contributed by atoms with E-state index in [1.54, 1.807) is 12.1 Å². The second kappa shape index (κ2) is 16.1. The molecule has 218 valence electrons. The zero-order valence-electron chi connectivity index (χ0n) is 22.5. The van der Waals surface area contributed by atoms with Gasteiger partial charge in [0.05, 0.1) is 6.10 Å². The molecular weight excluding hydrogens is 510 g/mol. The molecule has 3 amide bonds. The molecule has 0 radical (unpaired) electrons. The van der Waals surface area contributed by atoms with Crippen LogP contribution in [-0.2, 0) is 25.6 Å². The molecule has 0 aliphatic carbocycles. The Hall–Kier alpha value is -3.91. The van der Waals surface area contributed by atoms with E-state index in [0.29, 0.717) is 5.56 Å². The van der Waals surface area contributed by atoms with Gasteiger partial charge in [0.2, 0.25) is 17.7 Å². The van der Waals surface area contributed by atoms with Crippen molar-refractivity contribution >= 4 is 29.7 Å². The zero-order chi connectivity index (χ0) is 29.7. The van der Waals surface area contributed by atoms with Crippen molar-refractivity contribution in [3.63, 3.8) is 0 Å². The number of benzene rings is 1. The number of aliphatic hydroxyl groups is 1. The van der Waals surface area contributed by atoms with Crippen LogP contribution in [0.5, 0.6) is 5.75 Å². The van der Waals surface area contributed by atoms with Crippen LogP contribution in [0.4, 0.5) is 0 Å². The fourth-order valence-corrected chi connectivity index (χ4v) is 3.57. The topological polar surface area (TPSA) is 255 Å². The van der Waals surface area contributed by atoms with Crippen LogP contribution in [0, 0.1) is 5.92 Å². The first-order valence-corrected chi connectivity index (χ1v) is 12.6. The second-order valence-corrected chi connectivity index (χ2v) is 9.74. The van der Waals surface area contributed by atoms with Crippen LogP contribution in [0.1, 0.15) is 45.6 Å². The third-order valence-corrected chi connectivity index (χ3v) is 5.73. The Morgan fingerprint density at radius 3 is 1.95 bits per heavy atom. The number of aromatic hydroxyl groups is 1. The summed E-state index contributed by atoms with van der Waals surface area (Å²) in [5.74, 6) is -3.63. The minimum absolute atomic E-state index is 0.00432. The highest BCUT2D eigenvalue weighted by Crippen LogP contribution is 2.13. The Kier molecular flexibility index (Phi) is 13.7. The van der Waals surface area contributed by atoms with Gasteiger partial charge in [-0.1, -0.05) is 26.0 Å². The minimum atomic E-state index is -1.28. The number of aliphatic carboxylic acids is 1. The van der Waals surface area contributed by atoms with E-state index in [-0.39, 0.29) is 49.9 Å². The first-order valence-electron chi connectivity index (χ1n) is 12.6. The maximum absolute atomic E-state index is 13.3. The van der Waals surface area contributed by atoms with E-state index >= 15 is 0 Å². The zero-order valence-corrected chi connectivity index (χ0v) is 22.5. The third kappa shape index (κ3) is 12.5. The first kappa shape index (κ1) is 33.1. The van der Waals surface area contributed by atoms with E-state index < -0.39 is 54.0 Å². The number of phenols is 1. The van der Waals surface area contributed by atoms with Crippen molar-refractivity contribution in [2.75, 3.05) is 6.54 Å². The lowest BCUT2D eigenvalue weighted by Crippen LogP contribution is -2.58. The Morgan fingerprint density at radius 1 is 0.897 bits per heavy atom. The Bertz CT molecular complexity index is 995. The molecule has 14 heteroatoms. The standard InChI is InChI=1S/C25H41N7O7/c1-13(2)11-18(32-23(37)20(26)14(3)33)21(35)31-19(12-15-6-8-16(34)9-7-15)22(36)30-17(24(38)39)5-4-10-29-25(27)28/h6-9,13-14,17-20,33-34H,4-5,10-12,26H2,1-3H3,(H,30,36)(H,31,35)(H,32,37)(H,38,39)(H4,27,28,29). The van der Waals surface area contributed by atoms with Crippen LogP contribution < -0.4 is 33.2 Å². The molecule has 0 saturated heterocycles. The molecule has 0 bridgehead atoms. The fourth-order valence-electron chi connectivity index (χ4n) is 3.57. The molecule has 0 saturated carbocycles. The quantitative estimate of drug-likeness (QED) is 0.0638. The number of carbonyl (C=O) groups excluding carboxylic acids is 3. The summed E-state index contributed by atoms with van der Waals surface area (Å²) < 4.78 is 0. The number of amides is 3. The van der Waals surface area contributed by atoms with Gasteiger partial charge in [-0.05, 0) is 49.8 Å². The highest BCUT2D eigenvalue weighted by Gasteiger charge is 2.31. The number of nitrogens with two attached hydrogens (primary N) is 3. The molecule has 0 aliphatic rings. The maximum Gasteiger partial charge on any atom is 0.326 e. The normalized spacial score (nSPS) is 14.8. The molecule has 0 fully saturated rings. The number of rotatable bonds is 16. The van der Waals surface area contributed by atoms with E-state index in [4.69, 9.17) is 17.2 Å². The molecule has 1 aromatic carbocycles. The highest BCUT2D eigenvalue weighted by atomic mass is 16.4. The number of aliphatic hydroxyl groups excluding tert-OH is 1. The molecule has 0 aromatic heterocycles. The number of carbonyl (C=O) groups is 4. The van der Waals surface area contributed by atoms with Crippen molar-refractivity contribution in [2.45, 2.75) is 76.7 Å². The van der Waals surface area contributed by atoms with Gasteiger partial charge in [-0.15, -0.1) is 0 Å². The second-order valence-electron chi connectivity index (χ2n) is 9.74. The Morgan fingerprint density at radius 2 is 1.44 bits per heavy atom. The largest absolute Gasteiger partial charge is 0.508 e. The van der Waals surface area contributed by atoms with Gasteiger partial charge in [-0.2, -0.15) is 0 Å². The molecule has 1 rings (SSSR count). The van der Waals surface area contributed by atoms with Crippen molar-refractivity contribution in [2.24, 2.45) is 28.1 Å². The smallest absolute Gasteiger partial charge is 0.326 e. The Labute approximate surface area is 227 Å². The van der Waals surface area contributed by atoms with Crippen molar-refractivity contribution < 1.29 is 34.5 Å². The number of guanidine groups is 1. The number of nitrogens with one attached hydrogen (secondary N) is 3. The monoisotopic (exact) mass is 551 g/mol. The summed E-state index contributed by atoms with van der Waals surface area (Å²) >= 11 is 0. The van der Waals surface area contributed by atoms with Crippen molar-refractivity contribution in [1.82, 2.24) is 16.0 Å². The summed E-state index contributed by atoms with van der Waals surface area (Å²) in [7, 11) is 0. The van der Waals surface area contributed by atoms with E-state index in [9.17, 15) is 34.5 Å². The van der Waals surface area contributed by atoms with Gasteiger partial charge in [0.25, 0.3) is 0 Å². The predicted octanol–water partition coefficient (Wildman–Crippen LogP) is -1.72. The van der Waals surface area contributed by atoms with E-state index in [1.807, 2.05) is 13.8 Å². The van der Waals surface area contributed by atoms with Crippen LogP contribution in [0.2, 0.25) is 0 Å². The average molecular weight is 552 g/mol. The van der Waals surface area contributed by atoms with Crippen LogP contribution in [0.25, 0.3) is 0 Å². The average Bonchev–Trinajstić information content (AvgIpc) is 2.84. The molecule has 5 atom stereocenters. The van der Waals surface area contributed by atoms with Gasteiger partial charge in [0.15, 0.2) is 5.96 Å². The van der Waals surface area contributed by atoms with Gasteiger partial charge in [0.1, 0.15) is 29.9 Å². The summed E-state index contributed by atoms with van der Waals surface area (Å²) in [6.07, 6.45) is -0.675. The number of phenolic OH excluding ortho intramolecular Hbond substituents is 1. The molecule has 0 heterocycles. The molecule has 39 heavy (non-hydrogen) atoms. The van der Waals surface area contributed by atoms with Crippen molar-refractivity contribution in [1.29, 1.82) is 0 Å². The highest BCUT2D eigenvalue weighted by molar-refractivity contribution is 5.94. The lowest BCUT2D eigenvalue weighted by atomic mass is 10.00. The van der Waals surface area contributed by atoms with Crippen LogP contribution >= 0.6 is 0 Å². The number of aliphatic imine (C=N–C) groups is 1. The number of hydrogen-bond acceptors (Lipinski definition) is 8. The van der Waals surface area contributed by atoms with Gasteiger partial charge in [-0.3, -0.25) is 19.4 Å². The van der Waals surface area contributed by atoms with Crippen LogP contribution in [-0.4, -0.2) is 81.8 Å². The number of carboxylic acids is 1. The molecule has 12 N–H and O–H groups in total. The van der Waals surface area contributed by atoms with Crippen LogP contribution in [0.15, 0.2) is 29.3 Å². The summed E-state index contributed by atoms with van der Waals surface area (Å²) in [6.45, 7) is 5.18. The molecule has 5 unspecified atom stereocenters. The lowest BCUT2D eigenvalue weighted by Gasteiger charge is -2.26. The van der Waals surface area contributed by atoms with E-state index in [1.165, 1.54) is 19.1 Å². The molecular formula is C25H41N7O7. The van der Waals surface area contributed by atoms with E-state index in [2.05, 4.69) is 20.9 Å². The van der Waals surface area contributed by atoms with E-state index in [0.717, 1.165) is 0 Å². The van der Waals surface area contributed by atoms with Gasteiger partial charge >= 0.3 is 5.97 Å². The maximum atomic E-state index is 13.3. The first-order chi connectivity index (χ1) is 18.2. The lowest BCUT2D eigenvalue weighted by molar-refractivity contribution is -0.142. The van der Waals surface area contributed by atoms with Gasteiger partial charge < -0.3 is 48.5 Å². The fraction of sp³-hybridized carbons (Fsp3) is 0.560. The minimum Gasteiger partial charge on any atom is -0.508 e. The molecule has 1 aromatic rings.